The molecule has 1 unspecified atom stereocenters. The van der Waals surface area contributed by atoms with Crippen LogP contribution in [-0.2, 0) is 9.84 Å². The number of hydrazine groups is 1. The summed E-state index contributed by atoms with van der Waals surface area (Å²) >= 11 is 0. The molecule has 3 N–H and O–H groups in total. The Balaban J connectivity index is 2.55. The summed E-state index contributed by atoms with van der Waals surface area (Å²) in [6, 6.07) is 5.87. The van der Waals surface area contributed by atoms with Gasteiger partial charge in [-0.3, -0.25) is 11.3 Å². The number of sulfone groups is 1. The minimum atomic E-state index is -2.94. The van der Waals surface area contributed by atoms with E-state index in [0.717, 1.165) is 5.56 Å². The van der Waals surface area contributed by atoms with E-state index in [1.807, 2.05) is 0 Å². The van der Waals surface area contributed by atoms with Crippen molar-refractivity contribution >= 4 is 9.84 Å². The molecule has 102 valence electrons. The molecule has 1 aromatic carbocycles. The van der Waals surface area contributed by atoms with Crippen molar-refractivity contribution < 1.29 is 12.8 Å². The van der Waals surface area contributed by atoms with Crippen LogP contribution >= 0.6 is 0 Å². The van der Waals surface area contributed by atoms with E-state index in [9.17, 15) is 12.8 Å². The molecule has 18 heavy (non-hydrogen) atoms. The summed E-state index contributed by atoms with van der Waals surface area (Å²) in [6.45, 7) is 1.63. The highest BCUT2D eigenvalue weighted by molar-refractivity contribution is 7.91. The molecule has 1 rings (SSSR count). The fraction of sp³-hybridized carbons (Fsp3) is 0.500. The first kappa shape index (κ1) is 15.1. The number of nitrogens with two attached hydrogens (primary N) is 1. The predicted molar refractivity (Wildman–Crippen MR) is 70.0 cm³/mol. The zero-order valence-corrected chi connectivity index (χ0v) is 11.2. The number of benzene rings is 1. The van der Waals surface area contributed by atoms with Crippen LogP contribution in [0.2, 0.25) is 0 Å². The normalized spacial score (nSPS) is 13.5. The van der Waals surface area contributed by atoms with Crippen molar-refractivity contribution in [3.63, 3.8) is 0 Å². The summed E-state index contributed by atoms with van der Waals surface area (Å²) in [5, 5.41) is 0. The summed E-state index contributed by atoms with van der Waals surface area (Å²) in [6.07, 6.45) is 1.13. The van der Waals surface area contributed by atoms with Crippen molar-refractivity contribution in [1.82, 2.24) is 5.43 Å². The molecule has 0 bridgehead atoms. The molecule has 0 saturated carbocycles. The van der Waals surface area contributed by atoms with Gasteiger partial charge in [-0.2, -0.15) is 0 Å². The quantitative estimate of drug-likeness (QED) is 0.584. The summed E-state index contributed by atoms with van der Waals surface area (Å²) in [5.41, 5.74) is 3.48. The molecule has 0 fully saturated rings. The number of nitrogens with one attached hydrogen (secondary N) is 1. The third kappa shape index (κ3) is 4.72. The van der Waals surface area contributed by atoms with Gasteiger partial charge in [0, 0.05) is 11.8 Å². The molecule has 4 nitrogen and oxygen atoms in total. The third-order valence-corrected chi connectivity index (χ3v) is 4.65. The smallest absolute Gasteiger partial charge is 0.150 e. The zero-order chi connectivity index (χ0) is 13.6. The van der Waals surface area contributed by atoms with Gasteiger partial charge in [0.05, 0.1) is 5.75 Å². The summed E-state index contributed by atoms with van der Waals surface area (Å²) in [7, 11) is -2.94. The van der Waals surface area contributed by atoms with E-state index in [2.05, 4.69) is 5.43 Å². The lowest BCUT2D eigenvalue weighted by Gasteiger charge is -2.16. The minimum absolute atomic E-state index is 0.155. The molecule has 0 aromatic heterocycles. The monoisotopic (exact) mass is 274 g/mol. The van der Waals surface area contributed by atoms with Crippen LogP contribution in [0.3, 0.4) is 0 Å². The Morgan fingerprint density at radius 1 is 1.33 bits per heavy atom. The highest BCUT2D eigenvalue weighted by Gasteiger charge is 2.12. The van der Waals surface area contributed by atoms with Crippen LogP contribution in [0.4, 0.5) is 4.39 Å². The molecule has 0 radical (unpaired) electrons. The number of hydrogen-bond acceptors (Lipinski definition) is 4. The fourth-order valence-electron chi connectivity index (χ4n) is 1.69. The van der Waals surface area contributed by atoms with Gasteiger partial charge in [-0.1, -0.05) is 19.1 Å². The topological polar surface area (TPSA) is 72.2 Å². The average molecular weight is 274 g/mol. The highest BCUT2D eigenvalue weighted by atomic mass is 32.2. The van der Waals surface area contributed by atoms with Crippen molar-refractivity contribution in [2.75, 3.05) is 11.5 Å². The average Bonchev–Trinajstić information content (AvgIpc) is 2.36. The molecule has 1 atom stereocenters. The van der Waals surface area contributed by atoms with Gasteiger partial charge in [0.25, 0.3) is 0 Å². The van der Waals surface area contributed by atoms with Crippen molar-refractivity contribution in [3.8, 4) is 0 Å². The van der Waals surface area contributed by atoms with Gasteiger partial charge in [-0.15, -0.1) is 0 Å². The van der Waals surface area contributed by atoms with Crippen LogP contribution in [0.1, 0.15) is 31.4 Å². The maximum absolute atomic E-state index is 12.8. The SMILES string of the molecule is CCS(=O)(=O)CCCC(NN)c1ccc(F)cc1. The van der Waals surface area contributed by atoms with Crippen LogP contribution < -0.4 is 11.3 Å². The second-order valence-corrected chi connectivity index (χ2v) is 6.62. The third-order valence-electron chi connectivity index (χ3n) is 2.86. The van der Waals surface area contributed by atoms with Crippen LogP contribution in [0.25, 0.3) is 0 Å². The van der Waals surface area contributed by atoms with Crippen molar-refractivity contribution in [3.05, 3.63) is 35.6 Å². The van der Waals surface area contributed by atoms with Gasteiger partial charge in [0.2, 0.25) is 0 Å². The highest BCUT2D eigenvalue weighted by Crippen LogP contribution is 2.18. The Kier molecular flexibility index (Phi) is 5.71. The van der Waals surface area contributed by atoms with Crippen LogP contribution in [-0.4, -0.2) is 19.9 Å². The number of rotatable bonds is 7. The minimum Gasteiger partial charge on any atom is -0.271 e. The molecule has 0 saturated heterocycles. The molecule has 0 aliphatic rings. The number of hydrogen-bond donors (Lipinski definition) is 2. The van der Waals surface area contributed by atoms with E-state index in [4.69, 9.17) is 5.84 Å². The molecular formula is C12H19FN2O2S. The maximum atomic E-state index is 12.8. The molecule has 0 aliphatic carbocycles. The van der Waals surface area contributed by atoms with Crippen molar-refractivity contribution in [2.45, 2.75) is 25.8 Å². The lowest BCUT2D eigenvalue weighted by Crippen LogP contribution is -2.28. The Morgan fingerprint density at radius 2 is 1.94 bits per heavy atom. The van der Waals surface area contributed by atoms with E-state index in [1.54, 1.807) is 19.1 Å². The first-order chi connectivity index (χ1) is 8.48. The summed E-state index contributed by atoms with van der Waals surface area (Å²) < 4.78 is 35.5. The molecule has 6 heteroatoms. The molecule has 0 amide bonds. The van der Waals surface area contributed by atoms with Gasteiger partial charge in [0.1, 0.15) is 15.7 Å². The first-order valence-electron chi connectivity index (χ1n) is 5.90. The molecule has 1 aromatic rings. The van der Waals surface area contributed by atoms with Crippen molar-refractivity contribution in [2.24, 2.45) is 5.84 Å². The second-order valence-electron chi connectivity index (χ2n) is 4.15. The van der Waals surface area contributed by atoms with E-state index >= 15 is 0 Å². The fourth-order valence-corrected chi connectivity index (χ4v) is 2.59. The van der Waals surface area contributed by atoms with E-state index in [-0.39, 0.29) is 23.4 Å². The van der Waals surface area contributed by atoms with Crippen LogP contribution in [0.15, 0.2) is 24.3 Å². The van der Waals surface area contributed by atoms with Crippen LogP contribution in [0, 0.1) is 5.82 Å². The van der Waals surface area contributed by atoms with Gasteiger partial charge in [-0.25, -0.2) is 12.8 Å². The standard InChI is InChI=1S/C12H19FN2O2S/c1-2-18(16,17)9-3-4-12(15-14)10-5-7-11(13)8-6-10/h5-8,12,15H,2-4,9,14H2,1H3. The lowest BCUT2D eigenvalue weighted by molar-refractivity contribution is 0.506. The predicted octanol–water partition coefficient (Wildman–Crippen LogP) is 1.54. The Hall–Kier alpha value is -0.980. The van der Waals surface area contributed by atoms with Gasteiger partial charge in [-0.05, 0) is 30.5 Å². The largest absolute Gasteiger partial charge is 0.271 e. The first-order valence-corrected chi connectivity index (χ1v) is 7.72. The Labute approximate surface area is 107 Å². The van der Waals surface area contributed by atoms with E-state index < -0.39 is 9.84 Å². The van der Waals surface area contributed by atoms with Gasteiger partial charge >= 0.3 is 0 Å². The molecule has 0 spiro atoms. The zero-order valence-electron chi connectivity index (χ0n) is 10.4. The summed E-state index contributed by atoms with van der Waals surface area (Å²) in [5.74, 6) is 5.44. The van der Waals surface area contributed by atoms with Crippen LogP contribution in [0.5, 0.6) is 0 Å². The molecule has 0 heterocycles. The van der Waals surface area contributed by atoms with Crippen molar-refractivity contribution in [1.29, 1.82) is 0 Å². The lowest BCUT2D eigenvalue weighted by atomic mass is 10.0. The second kappa shape index (κ2) is 6.82. The molecule has 0 aliphatic heterocycles. The van der Waals surface area contributed by atoms with Gasteiger partial charge in [0.15, 0.2) is 0 Å². The Bertz CT molecular complexity index is 459. The maximum Gasteiger partial charge on any atom is 0.150 e. The van der Waals surface area contributed by atoms with E-state index in [0.29, 0.717) is 12.8 Å². The molecular weight excluding hydrogens is 255 g/mol. The van der Waals surface area contributed by atoms with Gasteiger partial charge < -0.3 is 0 Å². The Morgan fingerprint density at radius 3 is 2.44 bits per heavy atom. The summed E-state index contributed by atoms with van der Waals surface area (Å²) in [4.78, 5) is 0. The van der Waals surface area contributed by atoms with E-state index in [1.165, 1.54) is 12.1 Å². The number of halogens is 1.